The summed E-state index contributed by atoms with van der Waals surface area (Å²) in [5, 5.41) is 6.31. The van der Waals surface area contributed by atoms with Crippen molar-refractivity contribution in [2.45, 2.75) is 24.0 Å². The Labute approximate surface area is 208 Å². The molecule has 9 heteroatoms. The third-order valence-electron chi connectivity index (χ3n) is 5.96. The number of hydrogen-bond donors (Lipinski definition) is 2. The fourth-order valence-corrected chi connectivity index (χ4v) is 4.96. The fourth-order valence-electron chi connectivity index (χ4n) is 4.17. The van der Waals surface area contributed by atoms with E-state index in [0.29, 0.717) is 31.8 Å². The van der Waals surface area contributed by atoms with Crippen molar-refractivity contribution in [1.82, 2.24) is 10.3 Å². The van der Waals surface area contributed by atoms with Gasteiger partial charge in [0, 0.05) is 28.9 Å². The highest BCUT2D eigenvalue weighted by molar-refractivity contribution is 8.00. The largest absolute Gasteiger partial charge is 0.495 e. The van der Waals surface area contributed by atoms with E-state index in [1.165, 1.54) is 11.8 Å². The number of cyclic esters (lactones) is 1. The molecule has 2 N–H and O–H groups in total. The van der Waals surface area contributed by atoms with Crippen LogP contribution in [-0.2, 0) is 16.1 Å². The van der Waals surface area contributed by atoms with Gasteiger partial charge in [-0.25, -0.2) is 4.79 Å². The quantitative estimate of drug-likeness (QED) is 0.455. The Morgan fingerprint density at radius 1 is 1.17 bits per heavy atom. The summed E-state index contributed by atoms with van der Waals surface area (Å²) >= 11 is 1.50. The number of thioether (sulfide) groups is 1. The molecule has 0 saturated carbocycles. The minimum atomic E-state index is -0.357. The van der Waals surface area contributed by atoms with Gasteiger partial charge in [0.15, 0.2) is 0 Å². The molecular weight excluding hydrogens is 464 g/mol. The summed E-state index contributed by atoms with van der Waals surface area (Å²) in [5.74, 6) is 1.11. The first-order valence-electron chi connectivity index (χ1n) is 11.4. The van der Waals surface area contributed by atoms with Gasteiger partial charge in [-0.15, -0.1) is 11.8 Å². The third kappa shape index (κ3) is 5.41. The number of methoxy groups -OCH3 is 1. The van der Waals surface area contributed by atoms with Crippen LogP contribution >= 0.6 is 11.8 Å². The van der Waals surface area contributed by atoms with E-state index in [2.05, 4.69) is 33.8 Å². The van der Waals surface area contributed by atoms with Crippen molar-refractivity contribution in [3.8, 4) is 16.9 Å². The van der Waals surface area contributed by atoms with Crippen molar-refractivity contribution >= 4 is 35.1 Å². The van der Waals surface area contributed by atoms with Crippen LogP contribution in [0, 0.1) is 0 Å². The minimum Gasteiger partial charge on any atom is -0.495 e. The SMILES string of the molecule is COc1cncc(-c2cccc(CNCCC3CN(c4ccc5c(c4)NC(=O)CS5)C(=O)O3)c2)c1. The van der Waals surface area contributed by atoms with E-state index in [-0.39, 0.29) is 18.1 Å². The van der Waals surface area contributed by atoms with Gasteiger partial charge in [-0.3, -0.25) is 14.7 Å². The highest BCUT2D eigenvalue weighted by Crippen LogP contribution is 2.35. The van der Waals surface area contributed by atoms with E-state index in [1.807, 2.05) is 36.5 Å². The molecule has 0 spiro atoms. The van der Waals surface area contributed by atoms with Gasteiger partial charge in [0.25, 0.3) is 0 Å². The second-order valence-electron chi connectivity index (χ2n) is 8.41. The summed E-state index contributed by atoms with van der Waals surface area (Å²) in [5.41, 5.74) is 4.72. The Hall–Kier alpha value is -3.56. The molecule has 180 valence electrons. The fraction of sp³-hybridized carbons (Fsp3) is 0.269. The molecule has 0 radical (unpaired) electrons. The van der Waals surface area contributed by atoms with Crippen LogP contribution < -0.4 is 20.3 Å². The molecule has 1 unspecified atom stereocenters. The maximum Gasteiger partial charge on any atom is 0.414 e. The van der Waals surface area contributed by atoms with Crippen LogP contribution in [0.3, 0.4) is 0 Å². The number of carbonyl (C=O) groups excluding carboxylic acids is 2. The van der Waals surface area contributed by atoms with Crippen molar-refractivity contribution < 1.29 is 19.1 Å². The van der Waals surface area contributed by atoms with Crippen LogP contribution in [0.4, 0.5) is 16.2 Å². The molecule has 2 aliphatic rings. The van der Waals surface area contributed by atoms with E-state index in [4.69, 9.17) is 9.47 Å². The normalized spacial score (nSPS) is 17.1. The molecule has 2 aliphatic heterocycles. The second-order valence-corrected chi connectivity index (χ2v) is 9.43. The third-order valence-corrected chi connectivity index (χ3v) is 7.04. The lowest BCUT2D eigenvalue weighted by molar-refractivity contribution is -0.113. The van der Waals surface area contributed by atoms with Crippen LogP contribution in [0.1, 0.15) is 12.0 Å². The average Bonchev–Trinajstić information content (AvgIpc) is 3.26. The first-order chi connectivity index (χ1) is 17.1. The number of fused-ring (bicyclic) bond motifs is 1. The Balaban J connectivity index is 1.13. The summed E-state index contributed by atoms with van der Waals surface area (Å²) in [6.45, 7) is 1.91. The smallest absolute Gasteiger partial charge is 0.414 e. The standard InChI is InChI=1S/C26H26N4O4S/c1-33-22-10-19(13-28-14-22)18-4-2-3-17(9-18)12-27-8-7-21-15-30(26(32)34-21)20-5-6-24-23(11-20)29-25(31)16-35-24/h2-6,9-11,13-14,21,27H,7-8,12,15-16H2,1H3,(H,29,31). The van der Waals surface area contributed by atoms with Crippen molar-refractivity contribution in [2.24, 2.45) is 0 Å². The molecule has 1 atom stereocenters. The van der Waals surface area contributed by atoms with Gasteiger partial charge < -0.3 is 20.1 Å². The van der Waals surface area contributed by atoms with Crippen molar-refractivity contribution in [1.29, 1.82) is 0 Å². The zero-order valence-corrected chi connectivity index (χ0v) is 20.1. The molecule has 1 aromatic heterocycles. The van der Waals surface area contributed by atoms with Gasteiger partial charge >= 0.3 is 6.09 Å². The lowest BCUT2D eigenvalue weighted by atomic mass is 10.0. The second kappa shape index (κ2) is 10.4. The van der Waals surface area contributed by atoms with Gasteiger partial charge in [-0.1, -0.05) is 18.2 Å². The van der Waals surface area contributed by atoms with E-state index in [9.17, 15) is 9.59 Å². The number of benzene rings is 2. The topological polar surface area (TPSA) is 92.8 Å². The van der Waals surface area contributed by atoms with Gasteiger partial charge in [0.2, 0.25) is 5.91 Å². The number of hydrogen-bond acceptors (Lipinski definition) is 7. The number of nitrogens with zero attached hydrogens (tertiary/aromatic N) is 2. The predicted molar refractivity (Wildman–Crippen MR) is 136 cm³/mol. The van der Waals surface area contributed by atoms with Gasteiger partial charge in [0.05, 0.1) is 31.3 Å². The van der Waals surface area contributed by atoms with Crippen molar-refractivity contribution in [2.75, 3.05) is 36.2 Å². The maximum absolute atomic E-state index is 12.5. The molecule has 0 aliphatic carbocycles. The van der Waals surface area contributed by atoms with Crippen LogP contribution in [-0.4, -0.2) is 49.0 Å². The number of aromatic nitrogens is 1. The van der Waals surface area contributed by atoms with E-state index < -0.39 is 0 Å². The number of carbonyl (C=O) groups is 2. The lowest BCUT2D eigenvalue weighted by Gasteiger charge is -2.20. The van der Waals surface area contributed by atoms with Crippen LogP contribution in [0.2, 0.25) is 0 Å². The summed E-state index contributed by atoms with van der Waals surface area (Å²) < 4.78 is 10.9. The number of ether oxygens (including phenoxy) is 2. The zero-order valence-electron chi connectivity index (χ0n) is 19.3. The molecule has 3 aromatic rings. The monoisotopic (exact) mass is 490 g/mol. The molecule has 1 fully saturated rings. The van der Waals surface area contributed by atoms with E-state index in [0.717, 1.165) is 38.7 Å². The highest BCUT2D eigenvalue weighted by Gasteiger charge is 2.32. The summed E-state index contributed by atoms with van der Waals surface area (Å²) in [4.78, 5) is 31.0. The Bertz CT molecular complexity index is 1250. The first-order valence-corrected chi connectivity index (χ1v) is 12.4. The predicted octanol–water partition coefficient (Wildman–Crippen LogP) is 4.31. The minimum absolute atomic E-state index is 0.0294. The molecule has 35 heavy (non-hydrogen) atoms. The molecule has 8 nitrogen and oxygen atoms in total. The molecular formula is C26H26N4O4S. The molecule has 0 bridgehead atoms. The number of anilines is 2. The van der Waals surface area contributed by atoms with Gasteiger partial charge in [-0.05, 0) is 54.4 Å². The summed E-state index contributed by atoms with van der Waals surface area (Å²) in [7, 11) is 1.63. The maximum atomic E-state index is 12.5. The van der Waals surface area contributed by atoms with Crippen LogP contribution in [0.25, 0.3) is 11.1 Å². The lowest BCUT2D eigenvalue weighted by Crippen LogP contribution is -2.26. The Kier molecular flexibility index (Phi) is 6.87. The average molecular weight is 491 g/mol. The Morgan fingerprint density at radius 2 is 2.09 bits per heavy atom. The number of rotatable bonds is 8. The van der Waals surface area contributed by atoms with Crippen molar-refractivity contribution in [3.63, 3.8) is 0 Å². The summed E-state index contributed by atoms with van der Waals surface area (Å²) in [6, 6.07) is 15.9. The van der Waals surface area contributed by atoms with Gasteiger partial charge in [-0.2, -0.15) is 0 Å². The summed E-state index contributed by atoms with van der Waals surface area (Å²) in [6.07, 6.45) is 3.67. The zero-order chi connectivity index (χ0) is 24.2. The van der Waals surface area contributed by atoms with Gasteiger partial charge in [0.1, 0.15) is 11.9 Å². The van der Waals surface area contributed by atoms with E-state index >= 15 is 0 Å². The molecule has 5 rings (SSSR count). The first kappa shape index (κ1) is 23.2. The van der Waals surface area contributed by atoms with Crippen molar-refractivity contribution in [3.05, 3.63) is 66.5 Å². The number of pyridine rings is 1. The number of amides is 2. The van der Waals surface area contributed by atoms with E-state index in [1.54, 1.807) is 18.2 Å². The molecule has 1 saturated heterocycles. The molecule has 2 aromatic carbocycles. The highest BCUT2D eigenvalue weighted by atomic mass is 32.2. The molecule has 3 heterocycles. The Morgan fingerprint density at radius 3 is 2.97 bits per heavy atom. The van der Waals surface area contributed by atoms with Crippen LogP contribution in [0.15, 0.2) is 65.8 Å². The van der Waals surface area contributed by atoms with Crippen LogP contribution in [0.5, 0.6) is 5.75 Å². The number of nitrogens with one attached hydrogen (secondary N) is 2. The molecule has 2 amide bonds.